The summed E-state index contributed by atoms with van der Waals surface area (Å²) in [6.45, 7) is 0. The zero-order valence-corrected chi connectivity index (χ0v) is 12.2. The highest BCUT2D eigenvalue weighted by molar-refractivity contribution is 7.93. The molecule has 0 amide bonds. The van der Waals surface area contributed by atoms with Crippen LogP contribution in [0.25, 0.3) is 10.9 Å². The highest BCUT2D eigenvalue weighted by Crippen LogP contribution is 2.27. The summed E-state index contributed by atoms with van der Waals surface area (Å²) in [5.41, 5.74) is 0.497. The second kappa shape index (κ2) is 5.05. The van der Waals surface area contributed by atoms with Gasteiger partial charge in [-0.05, 0) is 30.3 Å². The predicted octanol–water partition coefficient (Wildman–Crippen LogP) is 3.76. The standard InChI is InChI=1S/C14H10ClFN2O2S/c15-9-5-6-10-13(7-9)17-8-14(10)21(19,20)18-12-4-2-1-3-11(12)16/h1-8,17-18H. The van der Waals surface area contributed by atoms with Gasteiger partial charge in [-0.2, -0.15) is 0 Å². The Labute approximate surface area is 125 Å². The zero-order valence-electron chi connectivity index (χ0n) is 10.6. The van der Waals surface area contributed by atoms with Crippen molar-refractivity contribution in [1.82, 2.24) is 4.98 Å². The molecule has 0 saturated carbocycles. The first-order valence-corrected chi connectivity index (χ1v) is 7.87. The average Bonchev–Trinajstić information content (AvgIpc) is 2.85. The molecule has 3 aromatic rings. The number of aromatic nitrogens is 1. The fourth-order valence-corrected chi connectivity index (χ4v) is 3.46. The molecular formula is C14H10ClFN2O2S. The monoisotopic (exact) mass is 324 g/mol. The van der Waals surface area contributed by atoms with E-state index < -0.39 is 15.8 Å². The van der Waals surface area contributed by atoms with Crippen molar-refractivity contribution >= 4 is 38.2 Å². The van der Waals surface area contributed by atoms with Gasteiger partial charge in [-0.15, -0.1) is 0 Å². The summed E-state index contributed by atoms with van der Waals surface area (Å²) in [6.07, 6.45) is 1.35. The minimum atomic E-state index is -3.90. The van der Waals surface area contributed by atoms with E-state index in [-0.39, 0.29) is 10.6 Å². The van der Waals surface area contributed by atoms with Crippen molar-refractivity contribution in [3.63, 3.8) is 0 Å². The molecule has 0 aliphatic carbocycles. The molecule has 3 rings (SSSR count). The minimum Gasteiger partial charge on any atom is -0.360 e. The number of aromatic amines is 1. The lowest BCUT2D eigenvalue weighted by Crippen LogP contribution is -2.13. The van der Waals surface area contributed by atoms with E-state index in [4.69, 9.17) is 11.6 Å². The Balaban J connectivity index is 2.07. The van der Waals surface area contributed by atoms with E-state index in [1.54, 1.807) is 24.3 Å². The summed E-state index contributed by atoms with van der Waals surface area (Å²) in [7, 11) is -3.90. The molecule has 0 bridgehead atoms. The van der Waals surface area contributed by atoms with Gasteiger partial charge in [0.2, 0.25) is 0 Å². The van der Waals surface area contributed by atoms with Gasteiger partial charge < -0.3 is 4.98 Å². The highest BCUT2D eigenvalue weighted by Gasteiger charge is 2.20. The lowest BCUT2D eigenvalue weighted by atomic mass is 10.2. The molecule has 2 aromatic carbocycles. The van der Waals surface area contributed by atoms with Crippen LogP contribution in [0.15, 0.2) is 53.6 Å². The Bertz CT molecular complexity index is 922. The maximum absolute atomic E-state index is 13.6. The lowest BCUT2D eigenvalue weighted by Gasteiger charge is -2.07. The minimum absolute atomic E-state index is 0.0393. The van der Waals surface area contributed by atoms with E-state index in [1.807, 2.05) is 0 Å². The number of hydrogen-bond acceptors (Lipinski definition) is 2. The van der Waals surface area contributed by atoms with Crippen molar-refractivity contribution < 1.29 is 12.8 Å². The molecule has 4 nitrogen and oxygen atoms in total. The van der Waals surface area contributed by atoms with Crippen molar-refractivity contribution in [2.24, 2.45) is 0 Å². The fraction of sp³-hybridized carbons (Fsp3) is 0. The van der Waals surface area contributed by atoms with Gasteiger partial charge >= 0.3 is 0 Å². The van der Waals surface area contributed by atoms with Crippen molar-refractivity contribution in [3.8, 4) is 0 Å². The Morgan fingerprint density at radius 1 is 1.14 bits per heavy atom. The van der Waals surface area contributed by atoms with Crippen LogP contribution in [-0.2, 0) is 10.0 Å². The molecule has 0 fully saturated rings. The third-order valence-electron chi connectivity index (χ3n) is 3.01. The molecule has 0 saturated heterocycles. The van der Waals surface area contributed by atoms with E-state index >= 15 is 0 Å². The average molecular weight is 325 g/mol. The molecule has 1 heterocycles. The van der Waals surface area contributed by atoms with Gasteiger partial charge in [0.05, 0.1) is 5.69 Å². The van der Waals surface area contributed by atoms with Crippen LogP contribution in [0.4, 0.5) is 10.1 Å². The number of hydrogen-bond donors (Lipinski definition) is 2. The maximum atomic E-state index is 13.6. The summed E-state index contributed by atoms with van der Waals surface area (Å²) in [5, 5.41) is 0.985. The quantitative estimate of drug-likeness (QED) is 0.770. The van der Waals surface area contributed by atoms with E-state index in [9.17, 15) is 12.8 Å². The van der Waals surface area contributed by atoms with Gasteiger partial charge in [0.1, 0.15) is 10.7 Å². The SMILES string of the molecule is O=S(=O)(Nc1ccccc1F)c1c[nH]c2cc(Cl)ccc12. The molecule has 21 heavy (non-hydrogen) atoms. The van der Waals surface area contributed by atoms with E-state index in [0.29, 0.717) is 15.9 Å². The first kappa shape index (κ1) is 13.9. The van der Waals surface area contributed by atoms with Crippen LogP contribution in [0.5, 0.6) is 0 Å². The molecule has 7 heteroatoms. The summed E-state index contributed by atoms with van der Waals surface area (Å²) in [4.78, 5) is 2.88. The molecule has 0 radical (unpaired) electrons. The molecular weight excluding hydrogens is 315 g/mol. The number of fused-ring (bicyclic) bond motifs is 1. The van der Waals surface area contributed by atoms with Gasteiger partial charge in [0.25, 0.3) is 10.0 Å². The summed E-state index contributed by atoms with van der Waals surface area (Å²) >= 11 is 5.86. The predicted molar refractivity (Wildman–Crippen MR) is 80.5 cm³/mol. The number of H-pyrrole nitrogens is 1. The normalized spacial score (nSPS) is 11.7. The van der Waals surface area contributed by atoms with Crippen molar-refractivity contribution in [2.75, 3.05) is 4.72 Å². The Kier molecular flexibility index (Phi) is 3.35. The van der Waals surface area contributed by atoms with Gasteiger partial charge in [0, 0.05) is 22.1 Å². The summed E-state index contributed by atoms with van der Waals surface area (Å²) in [5.74, 6) is -0.635. The topological polar surface area (TPSA) is 62.0 Å². The number of sulfonamides is 1. The van der Waals surface area contributed by atoms with Crippen LogP contribution in [0.1, 0.15) is 0 Å². The number of anilines is 1. The number of nitrogens with one attached hydrogen (secondary N) is 2. The van der Waals surface area contributed by atoms with Crippen molar-refractivity contribution in [3.05, 3.63) is 59.5 Å². The zero-order chi connectivity index (χ0) is 15.0. The van der Waals surface area contributed by atoms with Gasteiger partial charge in [0.15, 0.2) is 0 Å². The molecule has 0 aliphatic rings. The summed E-state index contributed by atoms with van der Waals surface area (Å²) in [6, 6.07) is 10.4. The van der Waals surface area contributed by atoms with E-state index in [2.05, 4.69) is 9.71 Å². The van der Waals surface area contributed by atoms with Crippen LogP contribution in [0.2, 0.25) is 5.02 Å². The largest absolute Gasteiger partial charge is 0.360 e. The number of para-hydroxylation sites is 1. The smallest absolute Gasteiger partial charge is 0.264 e. The van der Waals surface area contributed by atoms with E-state index in [1.165, 1.54) is 24.4 Å². The number of rotatable bonds is 3. The molecule has 0 unspecified atom stereocenters. The second-order valence-corrected chi connectivity index (χ2v) is 6.52. The van der Waals surface area contributed by atoms with Gasteiger partial charge in [-0.1, -0.05) is 23.7 Å². The molecule has 0 spiro atoms. The third-order valence-corrected chi connectivity index (χ3v) is 4.65. The molecule has 108 valence electrons. The van der Waals surface area contributed by atoms with Crippen LogP contribution < -0.4 is 4.72 Å². The lowest BCUT2D eigenvalue weighted by molar-refractivity contribution is 0.599. The van der Waals surface area contributed by atoms with Gasteiger partial charge in [-0.3, -0.25) is 4.72 Å². The second-order valence-electron chi connectivity index (χ2n) is 4.43. The van der Waals surface area contributed by atoms with Gasteiger partial charge in [-0.25, -0.2) is 12.8 Å². The van der Waals surface area contributed by atoms with Crippen molar-refractivity contribution in [1.29, 1.82) is 0 Å². The van der Waals surface area contributed by atoms with Crippen LogP contribution in [0, 0.1) is 5.82 Å². The molecule has 1 aromatic heterocycles. The van der Waals surface area contributed by atoms with Crippen LogP contribution >= 0.6 is 11.6 Å². The highest BCUT2D eigenvalue weighted by atomic mass is 35.5. The first-order chi connectivity index (χ1) is 9.97. The maximum Gasteiger partial charge on any atom is 0.264 e. The summed E-state index contributed by atoms with van der Waals surface area (Å²) < 4.78 is 40.6. The Morgan fingerprint density at radius 3 is 2.67 bits per heavy atom. The fourth-order valence-electron chi connectivity index (χ4n) is 2.04. The third kappa shape index (κ3) is 2.59. The molecule has 0 atom stereocenters. The van der Waals surface area contributed by atoms with Crippen molar-refractivity contribution in [2.45, 2.75) is 4.90 Å². The number of halogens is 2. The van der Waals surface area contributed by atoms with Crippen LogP contribution in [0.3, 0.4) is 0 Å². The molecule has 0 aliphatic heterocycles. The first-order valence-electron chi connectivity index (χ1n) is 6.01. The Morgan fingerprint density at radius 2 is 1.90 bits per heavy atom. The number of benzene rings is 2. The van der Waals surface area contributed by atoms with Crippen LogP contribution in [-0.4, -0.2) is 13.4 Å². The Hall–Kier alpha value is -2.05. The molecule has 2 N–H and O–H groups in total. The van der Waals surface area contributed by atoms with E-state index in [0.717, 1.165) is 0 Å².